The Bertz CT molecular complexity index is 487. The van der Waals surface area contributed by atoms with Crippen molar-refractivity contribution >= 4 is 5.69 Å². The number of aliphatic hydroxyl groups is 1. The van der Waals surface area contributed by atoms with Crippen LogP contribution in [0.4, 0.5) is 10.1 Å². The van der Waals surface area contributed by atoms with Gasteiger partial charge in [0, 0.05) is 45.0 Å². The second-order valence-corrected chi connectivity index (χ2v) is 6.81. The van der Waals surface area contributed by atoms with E-state index in [1.807, 2.05) is 12.1 Å². The molecular formula is C17H26FN3O. The van der Waals surface area contributed by atoms with E-state index >= 15 is 0 Å². The van der Waals surface area contributed by atoms with Crippen molar-refractivity contribution in [2.24, 2.45) is 0 Å². The lowest BCUT2D eigenvalue weighted by Crippen LogP contribution is -2.56. The molecule has 3 rings (SSSR count). The van der Waals surface area contributed by atoms with Gasteiger partial charge in [0.05, 0.1) is 5.60 Å². The summed E-state index contributed by atoms with van der Waals surface area (Å²) in [5.41, 5.74) is 0.516. The summed E-state index contributed by atoms with van der Waals surface area (Å²) in [5.74, 6) is -0.189. The largest absolute Gasteiger partial charge is 0.387 e. The lowest BCUT2D eigenvalue weighted by Gasteiger charge is -2.43. The van der Waals surface area contributed by atoms with Crippen LogP contribution in [-0.4, -0.2) is 73.4 Å². The van der Waals surface area contributed by atoms with Gasteiger partial charge in [-0.2, -0.15) is 0 Å². The van der Waals surface area contributed by atoms with Gasteiger partial charge in [-0.05, 0) is 50.7 Å². The van der Waals surface area contributed by atoms with Crippen molar-refractivity contribution in [2.75, 3.05) is 57.8 Å². The minimum atomic E-state index is -0.564. The van der Waals surface area contributed by atoms with Crippen LogP contribution in [0.1, 0.15) is 12.8 Å². The molecule has 1 atom stereocenters. The number of piperazine rings is 1. The fraction of sp³-hybridized carbons (Fsp3) is 0.647. The molecule has 22 heavy (non-hydrogen) atoms. The monoisotopic (exact) mass is 307 g/mol. The molecule has 2 saturated heterocycles. The van der Waals surface area contributed by atoms with Crippen LogP contribution < -0.4 is 4.90 Å². The molecule has 0 saturated carbocycles. The van der Waals surface area contributed by atoms with Gasteiger partial charge in [-0.15, -0.1) is 0 Å². The highest BCUT2D eigenvalue weighted by molar-refractivity contribution is 5.46. The summed E-state index contributed by atoms with van der Waals surface area (Å²) in [5, 5.41) is 10.8. The third-order valence-corrected chi connectivity index (χ3v) is 4.83. The molecule has 0 radical (unpaired) electrons. The lowest BCUT2D eigenvalue weighted by atomic mass is 9.92. The molecule has 0 aromatic heterocycles. The fourth-order valence-electron chi connectivity index (χ4n) is 3.70. The van der Waals surface area contributed by atoms with E-state index in [0.29, 0.717) is 0 Å². The fourth-order valence-corrected chi connectivity index (χ4v) is 3.70. The van der Waals surface area contributed by atoms with Crippen molar-refractivity contribution in [1.82, 2.24) is 9.80 Å². The van der Waals surface area contributed by atoms with E-state index in [1.54, 1.807) is 0 Å². The second-order valence-electron chi connectivity index (χ2n) is 6.81. The standard InChI is InChI=1S/C17H26FN3O/c1-19-8-2-7-17(22,13-19)14-20-9-11-21(12-10-20)16-5-3-15(18)4-6-16/h3-6,22H,2,7-14H2,1H3/t17-/m1/s1. The number of hydrogen-bond acceptors (Lipinski definition) is 4. The summed E-state index contributed by atoms with van der Waals surface area (Å²) in [7, 11) is 2.08. The molecule has 122 valence electrons. The minimum absolute atomic E-state index is 0.189. The second kappa shape index (κ2) is 6.52. The van der Waals surface area contributed by atoms with Gasteiger partial charge in [-0.3, -0.25) is 4.90 Å². The van der Waals surface area contributed by atoms with E-state index in [4.69, 9.17) is 0 Å². The van der Waals surface area contributed by atoms with Gasteiger partial charge in [0.1, 0.15) is 5.82 Å². The average molecular weight is 307 g/mol. The van der Waals surface area contributed by atoms with Crippen LogP contribution in [0.5, 0.6) is 0 Å². The van der Waals surface area contributed by atoms with Crippen molar-refractivity contribution in [1.29, 1.82) is 0 Å². The number of anilines is 1. The van der Waals surface area contributed by atoms with E-state index in [1.165, 1.54) is 12.1 Å². The van der Waals surface area contributed by atoms with Gasteiger partial charge in [0.25, 0.3) is 0 Å². The highest BCUT2D eigenvalue weighted by atomic mass is 19.1. The molecular weight excluding hydrogens is 281 g/mol. The number of likely N-dealkylation sites (tertiary alicyclic amines) is 1. The van der Waals surface area contributed by atoms with E-state index in [2.05, 4.69) is 21.7 Å². The summed E-state index contributed by atoms with van der Waals surface area (Å²) in [6.45, 7) is 6.36. The highest BCUT2D eigenvalue weighted by Crippen LogP contribution is 2.23. The number of benzene rings is 1. The SMILES string of the molecule is CN1CCC[C@](O)(CN2CCN(c3ccc(F)cc3)CC2)C1. The number of likely N-dealkylation sites (N-methyl/N-ethyl adjacent to an activating group) is 1. The first-order valence-corrected chi connectivity index (χ1v) is 8.18. The van der Waals surface area contributed by atoms with Crippen LogP contribution in [0.2, 0.25) is 0 Å². The molecule has 1 aromatic rings. The third-order valence-electron chi connectivity index (χ3n) is 4.83. The zero-order valence-electron chi connectivity index (χ0n) is 13.3. The van der Waals surface area contributed by atoms with Crippen LogP contribution in [-0.2, 0) is 0 Å². The summed E-state index contributed by atoms with van der Waals surface area (Å²) in [6.07, 6.45) is 1.97. The predicted octanol–water partition coefficient (Wildman–Crippen LogP) is 1.40. The van der Waals surface area contributed by atoms with Crippen LogP contribution in [0.25, 0.3) is 0 Å². The summed E-state index contributed by atoms with van der Waals surface area (Å²) in [4.78, 5) is 6.87. The number of rotatable bonds is 3. The third kappa shape index (κ3) is 3.77. The van der Waals surface area contributed by atoms with Gasteiger partial charge in [0.2, 0.25) is 0 Å². The Hall–Kier alpha value is -1.17. The minimum Gasteiger partial charge on any atom is -0.387 e. The molecule has 0 bridgehead atoms. The van der Waals surface area contributed by atoms with Crippen molar-refractivity contribution in [3.63, 3.8) is 0 Å². The van der Waals surface area contributed by atoms with Crippen molar-refractivity contribution in [2.45, 2.75) is 18.4 Å². The molecule has 0 amide bonds. The van der Waals surface area contributed by atoms with E-state index in [-0.39, 0.29) is 5.82 Å². The topological polar surface area (TPSA) is 30.0 Å². The Morgan fingerprint density at radius 2 is 1.77 bits per heavy atom. The molecule has 2 aliphatic heterocycles. The maximum Gasteiger partial charge on any atom is 0.123 e. The Morgan fingerprint density at radius 1 is 1.09 bits per heavy atom. The molecule has 5 heteroatoms. The van der Waals surface area contributed by atoms with Gasteiger partial charge in [0.15, 0.2) is 0 Å². The number of nitrogens with zero attached hydrogens (tertiary/aromatic N) is 3. The average Bonchev–Trinajstić information content (AvgIpc) is 2.48. The maximum absolute atomic E-state index is 13.0. The maximum atomic E-state index is 13.0. The molecule has 2 heterocycles. The number of β-amino-alcohol motifs (C(OH)–C–C–N with tert-alkyl or cyclic N) is 1. The highest BCUT2D eigenvalue weighted by Gasteiger charge is 2.34. The van der Waals surface area contributed by atoms with Crippen LogP contribution >= 0.6 is 0 Å². The summed E-state index contributed by atoms with van der Waals surface area (Å²) in [6, 6.07) is 6.72. The van der Waals surface area contributed by atoms with Crippen LogP contribution in [0.15, 0.2) is 24.3 Å². The Kier molecular flexibility index (Phi) is 4.66. The molecule has 0 unspecified atom stereocenters. The number of halogens is 1. The normalized spacial score (nSPS) is 28.0. The molecule has 4 nitrogen and oxygen atoms in total. The summed E-state index contributed by atoms with van der Waals surface area (Å²) >= 11 is 0. The van der Waals surface area contributed by atoms with Crippen LogP contribution in [0.3, 0.4) is 0 Å². The Morgan fingerprint density at radius 3 is 2.41 bits per heavy atom. The zero-order valence-corrected chi connectivity index (χ0v) is 13.3. The molecule has 1 N–H and O–H groups in total. The quantitative estimate of drug-likeness (QED) is 0.914. The van der Waals surface area contributed by atoms with E-state index in [9.17, 15) is 9.50 Å². The molecule has 2 aliphatic rings. The van der Waals surface area contributed by atoms with E-state index < -0.39 is 5.60 Å². The van der Waals surface area contributed by atoms with Gasteiger partial charge >= 0.3 is 0 Å². The lowest BCUT2D eigenvalue weighted by molar-refractivity contribution is -0.0478. The van der Waals surface area contributed by atoms with Gasteiger partial charge in [-0.25, -0.2) is 4.39 Å². The predicted molar refractivity (Wildman–Crippen MR) is 86.7 cm³/mol. The molecule has 1 aromatic carbocycles. The smallest absolute Gasteiger partial charge is 0.123 e. The van der Waals surface area contributed by atoms with Gasteiger partial charge in [-0.1, -0.05) is 0 Å². The zero-order chi connectivity index (χ0) is 15.6. The van der Waals surface area contributed by atoms with Crippen LogP contribution in [0, 0.1) is 5.82 Å². The van der Waals surface area contributed by atoms with E-state index in [0.717, 1.165) is 64.3 Å². The number of piperidine rings is 1. The van der Waals surface area contributed by atoms with Gasteiger partial charge < -0.3 is 14.9 Å². The first-order chi connectivity index (χ1) is 10.5. The molecule has 2 fully saturated rings. The molecule has 0 spiro atoms. The Balaban J connectivity index is 1.52. The van der Waals surface area contributed by atoms with Crippen molar-refractivity contribution in [3.8, 4) is 0 Å². The Labute approximate surface area is 132 Å². The first kappa shape index (κ1) is 15.7. The summed E-state index contributed by atoms with van der Waals surface area (Å²) < 4.78 is 13.0. The molecule has 0 aliphatic carbocycles. The van der Waals surface area contributed by atoms with Crippen molar-refractivity contribution < 1.29 is 9.50 Å². The van der Waals surface area contributed by atoms with Crippen molar-refractivity contribution in [3.05, 3.63) is 30.1 Å². The first-order valence-electron chi connectivity index (χ1n) is 8.18. The number of hydrogen-bond donors (Lipinski definition) is 1.